The van der Waals surface area contributed by atoms with Gasteiger partial charge in [0.15, 0.2) is 0 Å². The summed E-state index contributed by atoms with van der Waals surface area (Å²) in [5.74, 6) is -3.94. The summed E-state index contributed by atoms with van der Waals surface area (Å²) in [4.78, 5) is 22.4. The minimum absolute atomic E-state index is 0.212. The lowest BCUT2D eigenvalue weighted by Gasteiger charge is -2.14. The van der Waals surface area contributed by atoms with Crippen LogP contribution in [0, 0.1) is 5.82 Å². The van der Waals surface area contributed by atoms with Crippen LogP contribution in [0.2, 0.25) is 0 Å². The number of aromatic hydroxyl groups is 1. The maximum Gasteiger partial charge on any atom is 0.326 e. The molecule has 0 fully saturated rings. The summed E-state index contributed by atoms with van der Waals surface area (Å²) in [6.45, 7) is -0.444. The molecule has 6 nitrogen and oxygen atoms in total. The standard InChI is InChI=1S/C11H12FNO5/c12-6-2-1-3-8(15)9(6)10(16)13-7(4-5-14)11(17)18/h1-3,7,14-15H,4-5H2,(H,13,16)(H,17,18)/t7-/m0/s1. The molecule has 1 aromatic rings. The molecule has 1 rings (SSSR count). The third-order valence-electron chi connectivity index (χ3n) is 2.24. The number of carbonyl (C=O) groups excluding carboxylic acids is 1. The molecule has 0 heterocycles. The third kappa shape index (κ3) is 3.17. The molecule has 0 bridgehead atoms. The Morgan fingerprint density at radius 3 is 2.56 bits per heavy atom. The van der Waals surface area contributed by atoms with Crippen molar-refractivity contribution in [1.29, 1.82) is 0 Å². The van der Waals surface area contributed by atoms with E-state index in [0.29, 0.717) is 0 Å². The van der Waals surface area contributed by atoms with E-state index >= 15 is 0 Å². The summed E-state index contributed by atoms with van der Waals surface area (Å²) in [5.41, 5.74) is -0.623. The number of aliphatic hydroxyl groups is 1. The van der Waals surface area contributed by atoms with E-state index in [0.717, 1.165) is 12.1 Å². The van der Waals surface area contributed by atoms with Crippen LogP contribution in [0.15, 0.2) is 18.2 Å². The molecule has 0 unspecified atom stereocenters. The van der Waals surface area contributed by atoms with Crippen LogP contribution in [0.1, 0.15) is 16.8 Å². The van der Waals surface area contributed by atoms with Gasteiger partial charge in [-0.2, -0.15) is 0 Å². The Balaban J connectivity index is 2.90. The first-order valence-electron chi connectivity index (χ1n) is 5.09. The van der Waals surface area contributed by atoms with Gasteiger partial charge in [0.1, 0.15) is 23.2 Å². The molecule has 0 aliphatic heterocycles. The van der Waals surface area contributed by atoms with Gasteiger partial charge in [-0.3, -0.25) is 4.79 Å². The number of halogens is 1. The van der Waals surface area contributed by atoms with E-state index in [4.69, 9.17) is 10.2 Å². The van der Waals surface area contributed by atoms with Gasteiger partial charge in [-0.1, -0.05) is 6.07 Å². The number of phenolic OH excluding ortho intramolecular Hbond substituents is 1. The van der Waals surface area contributed by atoms with Gasteiger partial charge in [-0.25, -0.2) is 9.18 Å². The molecule has 0 saturated heterocycles. The zero-order valence-electron chi connectivity index (χ0n) is 9.26. The van der Waals surface area contributed by atoms with Gasteiger partial charge in [0.25, 0.3) is 5.91 Å². The van der Waals surface area contributed by atoms with Crippen molar-refractivity contribution in [3.8, 4) is 5.75 Å². The fraction of sp³-hybridized carbons (Fsp3) is 0.273. The Labute approximate surface area is 102 Å². The van der Waals surface area contributed by atoms with Crippen LogP contribution >= 0.6 is 0 Å². The van der Waals surface area contributed by atoms with Gasteiger partial charge in [-0.05, 0) is 12.1 Å². The van der Waals surface area contributed by atoms with E-state index in [-0.39, 0.29) is 6.42 Å². The predicted octanol–water partition coefficient (Wildman–Crippen LogP) is 0.0967. The largest absolute Gasteiger partial charge is 0.507 e. The van der Waals surface area contributed by atoms with Crippen molar-refractivity contribution >= 4 is 11.9 Å². The van der Waals surface area contributed by atoms with Gasteiger partial charge < -0.3 is 20.6 Å². The van der Waals surface area contributed by atoms with Crippen molar-refractivity contribution in [2.45, 2.75) is 12.5 Å². The highest BCUT2D eigenvalue weighted by atomic mass is 19.1. The number of aliphatic hydroxyl groups excluding tert-OH is 1. The molecule has 18 heavy (non-hydrogen) atoms. The topological polar surface area (TPSA) is 107 Å². The minimum Gasteiger partial charge on any atom is -0.507 e. The molecule has 0 saturated carbocycles. The molecule has 1 aromatic carbocycles. The van der Waals surface area contributed by atoms with Gasteiger partial charge in [0.05, 0.1) is 0 Å². The summed E-state index contributed by atoms with van der Waals surface area (Å²) in [7, 11) is 0. The first-order chi connectivity index (χ1) is 8.47. The van der Waals surface area contributed by atoms with E-state index in [1.807, 2.05) is 5.32 Å². The molecule has 98 valence electrons. The number of amides is 1. The zero-order valence-corrected chi connectivity index (χ0v) is 9.26. The SMILES string of the molecule is O=C(N[C@@H](CCO)C(=O)O)c1c(O)cccc1F. The number of carbonyl (C=O) groups is 2. The summed E-state index contributed by atoms with van der Waals surface area (Å²) >= 11 is 0. The first-order valence-corrected chi connectivity index (χ1v) is 5.09. The summed E-state index contributed by atoms with van der Waals surface area (Å²) in [6, 6.07) is 1.95. The quantitative estimate of drug-likeness (QED) is 0.598. The maximum absolute atomic E-state index is 13.3. The normalized spacial score (nSPS) is 11.9. The molecule has 0 aliphatic carbocycles. The smallest absolute Gasteiger partial charge is 0.326 e. The molecule has 7 heteroatoms. The molecule has 0 spiro atoms. The molecule has 0 radical (unpaired) electrons. The van der Waals surface area contributed by atoms with Gasteiger partial charge in [0, 0.05) is 13.0 Å². The van der Waals surface area contributed by atoms with E-state index in [9.17, 15) is 19.1 Å². The highest BCUT2D eigenvalue weighted by Crippen LogP contribution is 2.19. The fourth-order valence-corrected chi connectivity index (χ4v) is 1.35. The van der Waals surface area contributed by atoms with Crippen LogP contribution in [0.5, 0.6) is 5.75 Å². The summed E-state index contributed by atoms with van der Waals surface area (Å²) in [6.07, 6.45) is -0.212. The third-order valence-corrected chi connectivity index (χ3v) is 2.24. The van der Waals surface area contributed by atoms with Crippen LogP contribution < -0.4 is 5.32 Å². The fourth-order valence-electron chi connectivity index (χ4n) is 1.35. The number of nitrogens with one attached hydrogen (secondary N) is 1. The van der Waals surface area contributed by atoms with Crippen molar-refractivity contribution in [2.75, 3.05) is 6.61 Å². The molecule has 4 N–H and O–H groups in total. The number of phenols is 1. The number of rotatable bonds is 5. The average molecular weight is 257 g/mol. The van der Waals surface area contributed by atoms with Crippen LogP contribution in [-0.2, 0) is 4.79 Å². The summed E-state index contributed by atoms with van der Waals surface area (Å²) < 4.78 is 13.3. The predicted molar refractivity (Wildman–Crippen MR) is 58.7 cm³/mol. The van der Waals surface area contributed by atoms with Gasteiger partial charge in [-0.15, -0.1) is 0 Å². The Kier molecular flexibility index (Phi) is 4.61. The van der Waals surface area contributed by atoms with Gasteiger partial charge >= 0.3 is 5.97 Å². The number of hydrogen-bond donors (Lipinski definition) is 4. The maximum atomic E-state index is 13.3. The van der Waals surface area contributed by atoms with E-state index < -0.39 is 41.7 Å². The second kappa shape index (κ2) is 5.97. The summed E-state index contributed by atoms with van der Waals surface area (Å²) in [5, 5.41) is 28.8. The Bertz CT molecular complexity index is 442. The van der Waals surface area contributed by atoms with Crippen molar-refractivity contribution in [3.05, 3.63) is 29.6 Å². The van der Waals surface area contributed by atoms with Crippen LogP contribution in [-0.4, -0.2) is 39.8 Å². The van der Waals surface area contributed by atoms with Crippen molar-refractivity contribution in [2.24, 2.45) is 0 Å². The number of carboxylic acids is 1. The van der Waals surface area contributed by atoms with E-state index in [2.05, 4.69) is 0 Å². The first kappa shape index (κ1) is 13.9. The minimum atomic E-state index is -1.35. The van der Waals surface area contributed by atoms with E-state index in [1.165, 1.54) is 6.07 Å². The molecule has 1 amide bonds. The second-order valence-electron chi connectivity index (χ2n) is 3.51. The lowest BCUT2D eigenvalue weighted by molar-refractivity contribution is -0.139. The average Bonchev–Trinajstić information content (AvgIpc) is 2.28. The molecule has 0 aliphatic rings. The van der Waals surface area contributed by atoms with Crippen LogP contribution in [0.25, 0.3) is 0 Å². The van der Waals surface area contributed by atoms with E-state index in [1.54, 1.807) is 0 Å². The van der Waals surface area contributed by atoms with Crippen molar-refractivity contribution in [1.82, 2.24) is 5.32 Å². The van der Waals surface area contributed by atoms with Crippen molar-refractivity contribution in [3.63, 3.8) is 0 Å². The highest BCUT2D eigenvalue weighted by molar-refractivity contribution is 5.99. The Hall–Kier alpha value is -2.15. The molecule has 0 aromatic heterocycles. The Morgan fingerprint density at radius 1 is 1.39 bits per heavy atom. The lowest BCUT2D eigenvalue weighted by atomic mass is 10.1. The highest BCUT2D eigenvalue weighted by Gasteiger charge is 2.23. The van der Waals surface area contributed by atoms with Crippen LogP contribution in [0.3, 0.4) is 0 Å². The number of hydrogen-bond acceptors (Lipinski definition) is 4. The lowest BCUT2D eigenvalue weighted by Crippen LogP contribution is -2.41. The Morgan fingerprint density at radius 2 is 2.06 bits per heavy atom. The molecular weight excluding hydrogens is 245 g/mol. The number of aliphatic carboxylic acids is 1. The monoisotopic (exact) mass is 257 g/mol. The number of carboxylic acid groups (broad SMARTS) is 1. The van der Waals surface area contributed by atoms with Crippen LogP contribution in [0.4, 0.5) is 4.39 Å². The molecular formula is C11H12FNO5. The number of benzene rings is 1. The second-order valence-corrected chi connectivity index (χ2v) is 3.51. The van der Waals surface area contributed by atoms with Gasteiger partial charge in [0.2, 0.25) is 0 Å². The zero-order chi connectivity index (χ0) is 13.7. The van der Waals surface area contributed by atoms with Crippen molar-refractivity contribution < 1.29 is 29.3 Å². The molecule has 1 atom stereocenters.